The van der Waals surface area contributed by atoms with Crippen LogP contribution in [-0.2, 0) is 18.6 Å². The average Bonchev–Trinajstić information content (AvgIpc) is 3.14. The second kappa shape index (κ2) is 5.81. The third-order valence-electron chi connectivity index (χ3n) is 4.82. The summed E-state index contributed by atoms with van der Waals surface area (Å²) < 4.78 is 0. The third kappa shape index (κ3) is 2.88. The van der Waals surface area contributed by atoms with Crippen LogP contribution >= 0.6 is 0 Å². The van der Waals surface area contributed by atoms with Crippen LogP contribution in [0.4, 0.5) is 5.69 Å². The van der Waals surface area contributed by atoms with Crippen LogP contribution in [0.2, 0.25) is 0 Å². The lowest BCUT2D eigenvalue weighted by molar-refractivity contribution is 0.237. The standard InChI is InChI=1S/C17H25N7/c1-17(2,3)24-20-16(19-21-24)12-22-10-13-6-5-9-23(13)15-7-4-8-18-14(15)11-22/h4,7-8,13H,5-6,9-12H2,1-3H3/t13-/m0/s1. The maximum Gasteiger partial charge on any atom is 0.188 e. The van der Waals surface area contributed by atoms with Gasteiger partial charge in [0.15, 0.2) is 5.82 Å². The van der Waals surface area contributed by atoms with Gasteiger partial charge < -0.3 is 4.90 Å². The number of nitrogens with zero attached hydrogens (tertiary/aromatic N) is 7. The van der Waals surface area contributed by atoms with Crippen molar-refractivity contribution < 1.29 is 0 Å². The minimum Gasteiger partial charge on any atom is -0.366 e. The molecular weight excluding hydrogens is 302 g/mol. The fraction of sp³-hybridized carbons (Fsp3) is 0.647. The molecule has 0 unspecified atom stereocenters. The molecule has 7 heteroatoms. The van der Waals surface area contributed by atoms with E-state index in [1.54, 1.807) is 4.80 Å². The average molecular weight is 327 g/mol. The highest BCUT2D eigenvalue weighted by Gasteiger charge is 2.32. The second-order valence-electron chi connectivity index (χ2n) is 7.79. The summed E-state index contributed by atoms with van der Waals surface area (Å²) in [6, 6.07) is 4.81. The van der Waals surface area contributed by atoms with Gasteiger partial charge in [0.1, 0.15) is 0 Å². The first-order valence-corrected chi connectivity index (χ1v) is 8.73. The van der Waals surface area contributed by atoms with Crippen molar-refractivity contribution in [3.05, 3.63) is 29.8 Å². The zero-order chi connectivity index (χ0) is 16.7. The van der Waals surface area contributed by atoms with E-state index in [1.807, 2.05) is 12.3 Å². The first-order valence-electron chi connectivity index (χ1n) is 8.73. The smallest absolute Gasteiger partial charge is 0.188 e. The van der Waals surface area contributed by atoms with Gasteiger partial charge in [-0.2, -0.15) is 4.80 Å². The first kappa shape index (κ1) is 15.5. The number of hydrogen-bond donors (Lipinski definition) is 0. The van der Waals surface area contributed by atoms with Crippen molar-refractivity contribution in [2.75, 3.05) is 18.0 Å². The minimum atomic E-state index is -0.138. The fourth-order valence-corrected chi connectivity index (χ4v) is 3.64. The van der Waals surface area contributed by atoms with Crippen molar-refractivity contribution in [3.8, 4) is 0 Å². The van der Waals surface area contributed by atoms with E-state index in [-0.39, 0.29) is 5.54 Å². The van der Waals surface area contributed by atoms with E-state index in [1.165, 1.54) is 18.5 Å². The summed E-state index contributed by atoms with van der Waals surface area (Å²) in [4.78, 5) is 11.3. The lowest BCUT2D eigenvalue weighted by Gasteiger charge is -2.26. The normalized spacial score (nSPS) is 21.5. The Labute approximate surface area is 142 Å². The second-order valence-corrected chi connectivity index (χ2v) is 7.79. The van der Waals surface area contributed by atoms with Crippen molar-refractivity contribution in [1.82, 2.24) is 30.1 Å². The number of rotatable bonds is 2. The summed E-state index contributed by atoms with van der Waals surface area (Å²) in [5.41, 5.74) is 2.32. The Hall–Kier alpha value is -2.02. The van der Waals surface area contributed by atoms with Gasteiger partial charge in [-0.05, 0) is 51.0 Å². The SMILES string of the molecule is CC(C)(C)n1nnc(CN2Cc3ncccc3N3CCC[C@H]3C2)n1. The van der Waals surface area contributed by atoms with E-state index in [0.29, 0.717) is 6.04 Å². The Kier molecular flexibility index (Phi) is 3.75. The quantitative estimate of drug-likeness (QED) is 0.838. The van der Waals surface area contributed by atoms with Gasteiger partial charge in [0.05, 0.1) is 23.5 Å². The van der Waals surface area contributed by atoms with Gasteiger partial charge in [-0.15, -0.1) is 10.2 Å². The molecule has 0 aliphatic carbocycles. The number of hydrogen-bond acceptors (Lipinski definition) is 6. The Balaban J connectivity index is 1.57. The van der Waals surface area contributed by atoms with Crippen LogP contribution < -0.4 is 4.90 Å². The molecule has 4 rings (SSSR count). The van der Waals surface area contributed by atoms with E-state index in [0.717, 1.165) is 37.7 Å². The van der Waals surface area contributed by atoms with E-state index in [9.17, 15) is 0 Å². The molecule has 4 heterocycles. The molecule has 0 aromatic carbocycles. The van der Waals surface area contributed by atoms with E-state index >= 15 is 0 Å². The summed E-state index contributed by atoms with van der Waals surface area (Å²) in [7, 11) is 0. The predicted octanol–water partition coefficient (Wildman–Crippen LogP) is 1.81. The molecule has 2 aliphatic heterocycles. The van der Waals surface area contributed by atoms with Crippen molar-refractivity contribution in [1.29, 1.82) is 0 Å². The molecule has 2 aliphatic rings. The van der Waals surface area contributed by atoms with Crippen LogP contribution in [0.3, 0.4) is 0 Å². The van der Waals surface area contributed by atoms with Gasteiger partial charge in [0.2, 0.25) is 0 Å². The van der Waals surface area contributed by atoms with E-state index in [2.05, 4.69) is 57.0 Å². The van der Waals surface area contributed by atoms with Gasteiger partial charge in [-0.25, -0.2) is 0 Å². The predicted molar refractivity (Wildman–Crippen MR) is 91.5 cm³/mol. The van der Waals surface area contributed by atoms with Crippen molar-refractivity contribution >= 4 is 5.69 Å². The molecule has 1 atom stereocenters. The molecule has 2 aromatic rings. The maximum atomic E-state index is 4.63. The van der Waals surface area contributed by atoms with Crippen LogP contribution in [0, 0.1) is 0 Å². The molecule has 2 aromatic heterocycles. The Bertz CT molecular complexity index is 718. The van der Waals surface area contributed by atoms with Crippen LogP contribution in [-0.4, -0.2) is 49.2 Å². The summed E-state index contributed by atoms with van der Waals surface area (Å²) in [6.07, 6.45) is 4.39. The molecule has 1 fully saturated rings. The van der Waals surface area contributed by atoms with Crippen LogP contribution in [0.5, 0.6) is 0 Å². The summed E-state index contributed by atoms with van der Waals surface area (Å²) >= 11 is 0. The molecule has 1 saturated heterocycles. The van der Waals surface area contributed by atoms with Crippen molar-refractivity contribution in [3.63, 3.8) is 0 Å². The molecule has 0 radical (unpaired) electrons. The zero-order valence-electron chi connectivity index (χ0n) is 14.7. The highest BCUT2D eigenvalue weighted by molar-refractivity contribution is 5.53. The Morgan fingerprint density at radius 1 is 1.29 bits per heavy atom. The van der Waals surface area contributed by atoms with Gasteiger partial charge >= 0.3 is 0 Å². The highest BCUT2D eigenvalue weighted by atomic mass is 15.6. The van der Waals surface area contributed by atoms with Crippen molar-refractivity contribution in [2.24, 2.45) is 0 Å². The summed E-state index contributed by atoms with van der Waals surface area (Å²) in [5, 5.41) is 13.0. The van der Waals surface area contributed by atoms with Crippen LogP contribution in [0.15, 0.2) is 18.3 Å². The Morgan fingerprint density at radius 2 is 2.17 bits per heavy atom. The Morgan fingerprint density at radius 3 is 2.96 bits per heavy atom. The van der Waals surface area contributed by atoms with Gasteiger partial charge in [0, 0.05) is 31.9 Å². The summed E-state index contributed by atoms with van der Waals surface area (Å²) in [6.45, 7) is 9.97. The molecule has 7 nitrogen and oxygen atoms in total. The number of tetrazole rings is 1. The molecule has 0 saturated carbocycles. The monoisotopic (exact) mass is 327 g/mol. The van der Waals surface area contributed by atoms with Crippen LogP contribution in [0.1, 0.15) is 45.1 Å². The molecular formula is C17H25N7. The van der Waals surface area contributed by atoms with E-state index in [4.69, 9.17) is 0 Å². The molecule has 24 heavy (non-hydrogen) atoms. The number of fused-ring (bicyclic) bond motifs is 3. The van der Waals surface area contributed by atoms with Gasteiger partial charge in [-0.1, -0.05) is 0 Å². The minimum absolute atomic E-state index is 0.138. The third-order valence-corrected chi connectivity index (χ3v) is 4.82. The maximum absolute atomic E-state index is 4.63. The fourth-order valence-electron chi connectivity index (χ4n) is 3.64. The number of aromatic nitrogens is 5. The van der Waals surface area contributed by atoms with Crippen LogP contribution in [0.25, 0.3) is 0 Å². The lowest BCUT2D eigenvalue weighted by Crippen LogP contribution is -2.37. The van der Waals surface area contributed by atoms with Gasteiger partial charge in [0.25, 0.3) is 0 Å². The van der Waals surface area contributed by atoms with E-state index < -0.39 is 0 Å². The highest BCUT2D eigenvalue weighted by Crippen LogP contribution is 2.32. The first-order chi connectivity index (χ1) is 11.5. The number of anilines is 1. The largest absolute Gasteiger partial charge is 0.366 e. The molecule has 0 amide bonds. The molecule has 128 valence electrons. The summed E-state index contributed by atoms with van der Waals surface area (Å²) in [5.74, 6) is 0.786. The zero-order valence-corrected chi connectivity index (χ0v) is 14.7. The lowest BCUT2D eigenvalue weighted by atomic mass is 10.1. The number of pyridine rings is 1. The van der Waals surface area contributed by atoms with Gasteiger partial charge in [-0.3, -0.25) is 9.88 Å². The molecule has 0 spiro atoms. The van der Waals surface area contributed by atoms with Crippen molar-refractivity contribution in [2.45, 2.75) is 58.3 Å². The molecule has 0 bridgehead atoms. The topological polar surface area (TPSA) is 63.0 Å². The molecule has 0 N–H and O–H groups in total.